The van der Waals surface area contributed by atoms with Crippen molar-refractivity contribution in [2.45, 2.75) is 36.8 Å². The van der Waals surface area contributed by atoms with Crippen LogP contribution in [0.5, 0.6) is 0 Å². The van der Waals surface area contributed by atoms with E-state index in [-0.39, 0.29) is 23.7 Å². The third-order valence-electron chi connectivity index (χ3n) is 4.86. The van der Waals surface area contributed by atoms with Gasteiger partial charge >= 0.3 is 0 Å². The van der Waals surface area contributed by atoms with Gasteiger partial charge < -0.3 is 14.4 Å². The van der Waals surface area contributed by atoms with Crippen LogP contribution in [0.25, 0.3) is 5.69 Å². The second-order valence-electron chi connectivity index (χ2n) is 7.28. The number of amides is 1. The number of carbonyl (C=O) groups excluding carboxylic acids is 1. The van der Waals surface area contributed by atoms with Gasteiger partial charge in [0.1, 0.15) is 6.10 Å². The molecule has 4 rings (SSSR count). The molecule has 2 saturated heterocycles. The Kier molecular flexibility index (Phi) is 4.54. The van der Waals surface area contributed by atoms with Crippen molar-refractivity contribution in [2.24, 2.45) is 0 Å². The Hall–Kier alpha value is -1.83. The summed E-state index contributed by atoms with van der Waals surface area (Å²) in [7, 11) is 0. The Balaban J connectivity index is 1.58. The molecular formula is C19H23N3O3S. The largest absolute Gasteiger partial charge is 0.376 e. The Morgan fingerprint density at radius 2 is 2.04 bits per heavy atom. The summed E-state index contributed by atoms with van der Waals surface area (Å²) in [6.45, 7) is 5.70. The van der Waals surface area contributed by atoms with Crippen molar-refractivity contribution in [3.05, 3.63) is 42.2 Å². The predicted octanol–water partition coefficient (Wildman–Crippen LogP) is 2.61. The first-order valence-corrected chi connectivity index (χ1v) is 9.95. The smallest absolute Gasteiger partial charge is 0.254 e. The first-order valence-electron chi connectivity index (χ1n) is 8.73. The predicted molar refractivity (Wildman–Crippen MR) is 99.9 cm³/mol. The first kappa shape index (κ1) is 17.6. The molecular weight excluding hydrogens is 350 g/mol. The molecule has 26 heavy (non-hydrogen) atoms. The number of hydrogen-bond donors (Lipinski definition) is 0. The number of thioether (sulfide) groups is 1. The maximum atomic E-state index is 13.1. The number of nitrogens with zero attached hydrogens (tertiary/aromatic N) is 3. The molecule has 138 valence electrons. The van der Waals surface area contributed by atoms with Crippen LogP contribution in [0.2, 0.25) is 0 Å². The van der Waals surface area contributed by atoms with Crippen LogP contribution >= 0.6 is 11.8 Å². The van der Waals surface area contributed by atoms with Gasteiger partial charge in [0.05, 0.1) is 24.9 Å². The molecule has 2 aliphatic heterocycles. The van der Waals surface area contributed by atoms with E-state index < -0.39 is 0 Å². The minimum absolute atomic E-state index is 0.00746. The first-order chi connectivity index (χ1) is 12.5. The maximum absolute atomic E-state index is 13.1. The second kappa shape index (κ2) is 6.72. The fourth-order valence-electron chi connectivity index (χ4n) is 3.69. The van der Waals surface area contributed by atoms with Crippen molar-refractivity contribution < 1.29 is 14.3 Å². The van der Waals surface area contributed by atoms with E-state index >= 15 is 0 Å². The molecule has 1 amide bonds. The summed E-state index contributed by atoms with van der Waals surface area (Å²) in [5.41, 5.74) is 1.31. The van der Waals surface area contributed by atoms with E-state index in [0.29, 0.717) is 25.3 Å². The fraction of sp³-hybridized carbons (Fsp3) is 0.474. The van der Waals surface area contributed by atoms with Gasteiger partial charge in [-0.15, -0.1) is 0 Å². The normalized spacial score (nSPS) is 24.5. The monoisotopic (exact) mass is 373 g/mol. The Labute approximate surface area is 157 Å². The van der Waals surface area contributed by atoms with Crippen LogP contribution in [-0.4, -0.2) is 64.1 Å². The molecule has 0 aliphatic carbocycles. The highest BCUT2D eigenvalue weighted by Crippen LogP contribution is 2.31. The van der Waals surface area contributed by atoms with Crippen LogP contribution in [0.3, 0.4) is 0 Å². The molecule has 2 fully saturated rings. The van der Waals surface area contributed by atoms with Crippen molar-refractivity contribution in [1.82, 2.24) is 14.5 Å². The van der Waals surface area contributed by atoms with Gasteiger partial charge in [0.25, 0.3) is 5.91 Å². The number of benzene rings is 1. The molecule has 0 bridgehead atoms. The highest BCUT2D eigenvalue weighted by atomic mass is 32.2. The highest BCUT2D eigenvalue weighted by Gasteiger charge is 2.46. The summed E-state index contributed by atoms with van der Waals surface area (Å²) in [6, 6.07) is 7.68. The van der Waals surface area contributed by atoms with Gasteiger partial charge in [-0.25, -0.2) is 4.98 Å². The summed E-state index contributed by atoms with van der Waals surface area (Å²) < 4.78 is 13.7. The van der Waals surface area contributed by atoms with E-state index in [1.807, 2.05) is 60.0 Å². The van der Waals surface area contributed by atoms with Gasteiger partial charge in [0, 0.05) is 30.2 Å². The Morgan fingerprint density at radius 1 is 1.27 bits per heavy atom. The average Bonchev–Trinajstić information content (AvgIpc) is 3.28. The minimum atomic E-state index is -0.367. The number of ether oxygens (including phenoxy) is 2. The van der Waals surface area contributed by atoms with Crippen LogP contribution in [0.4, 0.5) is 0 Å². The van der Waals surface area contributed by atoms with Crippen LogP contribution in [-0.2, 0) is 9.47 Å². The summed E-state index contributed by atoms with van der Waals surface area (Å²) in [6.07, 6.45) is 5.66. The van der Waals surface area contributed by atoms with Crippen LogP contribution in [0.1, 0.15) is 24.2 Å². The van der Waals surface area contributed by atoms with E-state index in [0.717, 1.165) is 10.8 Å². The quantitative estimate of drug-likeness (QED) is 0.774. The van der Waals surface area contributed by atoms with E-state index in [2.05, 4.69) is 4.98 Å². The van der Waals surface area contributed by atoms with Gasteiger partial charge in [0.2, 0.25) is 0 Å². The van der Waals surface area contributed by atoms with Crippen molar-refractivity contribution in [3.8, 4) is 5.69 Å². The molecule has 1 aromatic carbocycles. The lowest BCUT2D eigenvalue weighted by Gasteiger charge is -2.45. The zero-order valence-electron chi connectivity index (χ0n) is 15.2. The molecule has 3 heterocycles. The summed E-state index contributed by atoms with van der Waals surface area (Å²) in [5.74, 6) is 0.0316. The van der Waals surface area contributed by atoms with E-state index in [4.69, 9.17) is 9.47 Å². The fourth-order valence-corrected chi connectivity index (χ4v) is 4.22. The van der Waals surface area contributed by atoms with Crippen LogP contribution in [0, 0.1) is 0 Å². The number of rotatable bonds is 3. The maximum Gasteiger partial charge on any atom is 0.254 e. The lowest BCUT2D eigenvalue weighted by Crippen LogP contribution is -2.60. The molecule has 2 atom stereocenters. The summed E-state index contributed by atoms with van der Waals surface area (Å²) >= 11 is 1.59. The van der Waals surface area contributed by atoms with Gasteiger partial charge in [-0.05, 0) is 44.4 Å². The third-order valence-corrected chi connectivity index (χ3v) is 5.53. The lowest BCUT2D eigenvalue weighted by atomic mass is 9.99. The van der Waals surface area contributed by atoms with Crippen molar-refractivity contribution in [3.63, 3.8) is 0 Å². The Morgan fingerprint density at radius 3 is 2.77 bits per heavy atom. The summed E-state index contributed by atoms with van der Waals surface area (Å²) in [4.78, 5) is 19.4. The van der Waals surface area contributed by atoms with E-state index in [1.165, 1.54) is 0 Å². The molecule has 0 saturated carbocycles. The zero-order chi connectivity index (χ0) is 18.3. The molecule has 1 aromatic heterocycles. The Bertz CT molecular complexity index is 803. The molecule has 0 radical (unpaired) electrons. The molecule has 0 spiro atoms. The standard InChI is InChI=1S/C19H23N3O3S/c1-19(2)12-22(15-10-24-11-16(15)25-19)17(23)13-4-6-14(7-5-13)21-9-8-20-18(21)26-3/h4-9,15-16H,10-12H2,1-3H3/t15-,16-/m1/s1. The molecule has 2 aliphatic rings. The molecule has 2 aromatic rings. The summed E-state index contributed by atoms with van der Waals surface area (Å²) in [5, 5.41) is 0.921. The number of imidazole rings is 1. The number of carbonyl (C=O) groups is 1. The topological polar surface area (TPSA) is 56.6 Å². The van der Waals surface area contributed by atoms with Crippen molar-refractivity contribution in [1.29, 1.82) is 0 Å². The molecule has 6 nitrogen and oxygen atoms in total. The van der Waals surface area contributed by atoms with Crippen LogP contribution < -0.4 is 0 Å². The van der Waals surface area contributed by atoms with Gasteiger partial charge in [0.15, 0.2) is 5.16 Å². The second-order valence-corrected chi connectivity index (χ2v) is 8.06. The SMILES string of the molecule is CSc1nccn1-c1ccc(C(=O)N2CC(C)(C)O[C@@H]3COC[C@H]32)cc1. The van der Waals surface area contributed by atoms with Gasteiger partial charge in [-0.3, -0.25) is 9.36 Å². The molecule has 0 N–H and O–H groups in total. The lowest BCUT2D eigenvalue weighted by molar-refractivity contribution is -0.137. The number of hydrogen-bond acceptors (Lipinski definition) is 5. The van der Waals surface area contributed by atoms with Crippen molar-refractivity contribution in [2.75, 3.05) is 26.0 Å². The van der Waals surface area contributed by atoms with Gasteiger partial charge in [-0.2, -0.15) is 0 Å². The average molecular weight is 373 g/mol. The molecule has 0 unspecified atom stereocenters. The van der Waals surface area contributed by atoms with Crippen molar-refractivity contribution >= 4 is 17.7 Å². The highest BCUT2D eigenvalue weighted by molar-refractivity contribution is 7.98. The number of morpholine rings is 1. The third kappa shape index (κ3) is 3.15. The van der Waals surface area contributed by atoms with E-state index in [1.54, 1.807) is 18.0 Å². The number of aromatic nitrogens is 2. The number of fused-ring (bicyclic) bond motifs is 1. The van der Waals surface area contributed by atoms with E-state index in [9.17, 15) is 4.79 Å². The van der Waals surface area contributed by atoms with Gasteiger partial charge in [-0.1, -0.05) is 11.8 Å². The van der Waals surface area contributed by atoms with Crippen LogP contribution in [0.15, 0.2) is 41.8 Å². The zero-order valence-corrected chi connectivity index (χ0v) is 16.0. The molecule has 7 heteroatoms. The minimum Gasteiger partial charge on any atom is -0.376 e.